The number of amides is 1. The Labute approximate surface area is 300 Å². The van der Waals surface area contributed by atoms with Crippen LogP contribution < -0.4 is 14.2 Å². The highest BCUT2D eigenvalue weighted by Crippen LogP contribution is 2.41. The molecule has 0 spiro atoms. The van der Waals surface area contributed by atoms with E-state index in [4.69, 9.17) is 18.6 Å². The van der Waals surface area contributed by atoms with Gasteiger partial charge < -0.3 is 33.0 Å². The number of methoxy groups -OCH3 is 3. The molecule has 51 heavy (non-hydrogen) atoms. The molecule has 4 aromatic rings. The Morgan fingerprint density at radius 2 is 1.71 bits per heavy atom. The fourth-order valence-corrected chi connectivity index (χ4v) is 7.49. The summed E-state index contributed by atoms with van der Waals surface area (Å²) in [5, 5.41) is 0. The number of hydrogen-bond donors (Lipinski definition) is 0. The Morgan fingerprint density at radius 1 is 0.961 bits per heavy atom. The molecule has 2 saturated heterocycles. The van der Waals surface area contributed by atoms with E-state index >= 15 is 0 Å². The Balaban J connectivity index is 1.12. The minimum atomic E-state index is -0.183. The second-order valence-electron chi connectivity index (χ2n) is 13.3. The van der Waals surface area contributed by atoms with Crippen molar-refractivity contribution in [3.8, 4) is 17.2 Å². The number of ketones is 1. The van der Waals surface area contributed by atoms with Crippen molar-refractivity contribution in [2.24, 2.45) is 5.92 Å². The van der Waals surface area contributed by atoms with Crippen molar-refractivity contribution in [1.29, 1.82) is 0 Å². The Morgan fingerprint density at radius 3 is 2.35 bits per heavy atom. The highest BCUT2D eigenvalue weighted by molar-refractivity contribution is 5.96. The summed E-state index contributed by atoms with van der Waals surface area (Å²) in [6.45, 7) is 6.24. The molecular formula is C41H48N4O6. The maximum absolute atomic E-state index is 13.9. The van der Waals surface area contributed by atoms with Crippen LogP contribution in [0.3, 0.4) is 0 Å². The van der Waals surface area contributed by atoms with Gasteiger partial charge in [0.05, 0.1) is 46.0 Å². The molecule has 0 N–H and O–H groups in total. The minimum Gasteiger partial charge on any atom is -0.493 e. The molecule has 2 aliphatic rings. The average Bonchev–Trinajstić information content (AvgIpc) is 3.95. The number of rotatable bonds is 14. The first-order chi connectivity index (χ1) is 24.9. The molecule has 0 radical (unpaired) electrons. The number of carbonyl (C=O) groups excluding carboxylic acids is 2. The molecule has 0 saturated carbocycles. The summed E-state index contributed by atoms with van der Waals surface area (Å²) in [6.07, 6.45) is 14.6. The number of furan rings is 1. The number of allylic oxidation sites excluding steroid dienone is 3. The van der Waals surface area contributed by atoms with Crippen LogP contribution in [0.25, 0.3) is 6.08 Å². The third-order valence-electron chi connectivity index (χ3n) is 10.4. The number of Topliss-reactive ketones (excluding diaryl/α,β-unsaturated/α-hetero) is 1. The monoisotopic (exact) mass is 692 g/mol. The van der Waals surface area contributed by atoms with Crippen LogP contribution in [0.15, 0.2) is 89.7 Å². The quantitative estimate of drug-likeness (QED) is 0.104. The van der Waals surface area contributed by atoms with Gasteiger partial charge in [0.2, 0.25) is 11.5 Å². The van der Waals surface area contributed by atoms with Gasteiger partial charge >= 0.3 is 0 Å². The molecule has 1 unspecified atom stereocenters. The average molecular weight is 693 g/mol. The first-order valence-corrected chi connectivity index (χ1v) is 17.7. The number of piperidine rings is 1. The lowest BCUT2D eigenvalue weighted by Gasteiger charge is -2.36. The third kappa shape index (κ3) is 7.81. The molecule has 2 aromatic heterocycles. The second kappa shape index (κ2) is 16.3. The van der Waals surface area contributed by atoms with E-state index in [-0.39, 0.29) is 23.0 Å². The summed E-state index contributed by atoms with van der Waals surface area (Å²) in [5.41, 5.74) is 2.44. The maximum atomic E-state index is 13.9. The van der Waals surface area contributed by atoms with Crippen LogP contribution in [0.2, 0.25) is 0 Å². The number of likely N-dealkylation sites (tertiary alicyclic amines) is 2. The number of aromatic nitrogens is 2. The van der Waals surface area contributed by atoms with Gasteiger partial charge in [-0.15, -0.1) is 0 Å². The van der Waals surface area contributed by atoms with Crippen molar-refractivity contribution in [3.63, 3.8) is 0 Å². The van der Waals surface area contributed by atoms with Gasteiger partial charge in [-0.2, -0.15) is 0 Å². The van der Waals surface area contributed by atoms with Crippen molar-refractivity contribution >= 4 is 17.8 Å². The largest absolute Gasteiger partial charge is 0.493 e. The number of carbonyl (C=O) groups is 2. The third-order valence-corrected chi connectivity index (χ3v) is 10.4. The summed E-state index contributed by atoms with van der Waals surface area (Å²) in [6, 6.07) is 17.8. The van der Waals surface area contributed by atoms with E-state index in [1.54, 1.807) is 45.9 Å². The van der Waals surface area contributed by atoms with Gasteiger partial charge in [0.1, 0.15) is 5.76 Å². The first-order valence-electron chi connectivity index (χ1n) is 17.7. The molecule has 6 rings (SSSR count). The number of imidazole rings is 1. The molecular weight excluding hydrogens is 644 g/mol. The van der Waals surface area contributed by atoms with Gasteiger partial charge in [-0.1, -0.05) is 48.6 Å². The Bertz CT molecular complexity index is 1810. The summed E-state index contributed by atoms with van der Waals surface area (Å²) < 4.78 is 24.1. The molecule has 2 fully saturated rings. The fraction of sp³-hybridized carbons (Fsp3) is 0.390. The van der Waals surface area contributed by atoms with Crippen molar-refractivity contribution in [2.75, 3.05) is 54.1 Å². The van der Waals surface area contributed by atoms with Gasteiger partial charge in [-0.05, 0) is 88.1 Å². The zero-order valence-corrected chi connectivity index (χ0v) is 30.0. The highest BCUT2D eigenvalue weighted by atomic mass is 16.5. The smallest absolute Gasteiger partial charge is 0.254 e. The predicted molar refractivity (Wildman–Crippen MR) is 197 cm³/mol. The second-order valence-corrected chi connectivity index (χ2v) is 13.3. The van der Waals surface area contributed by atoms with Crippen LogP contribution in [0.4, 0.5) is 0 Å². The number of benzene rings is 2. The number of hydrogen-bond acceptors (Lipinski definition) is 8. The molecule has 1 amide bonds. The summed E-state index contributed by atoms with van der Waals surface area (Å²) in [5.74, 6) is 2.58. The summed E-state index contributed by atoms with van der Waals surface area (Å²) in [4.78, 5) is 36.8. The normalized spacial score (nSPS) is 18.5. The predicted octanol–water partition coefficient (Wildman–Crippen LogP) is 6.91. The molecule has 10 heteroatoms. The van der Waals surface area contributed by atoms with E-state index in [1.807, 2.05) is 58.9 Å². The zero-order chi connectivity index (χ0) is 35.8. The van der Waals surface area contributed by atoms with E-state index in [1.165, 1.54) is 5.56 Å². The number of ether oxygens (including phenoxy) is 3. The first kappa shape index (κ1) is 35.7. The summed E-state index contributed by atoms with van der Waals surface area (Å²) in [7, 11) is 4.66. The van der Waals surface area contributed by atoms with Crippen LogP contribution in [0.5, 0.6) is 17.2 Å². The maximum Gasteiger partial charge on any atom is 0.254 e. The van der Waals surface area contributed by atoms with Crippen LogP contribution in [0, 0.1) is 5.92 Å². The summed E-state index contributed by atoms with van der Waals surface area (Å²) >= 11 is 0. The van der Waals surface area contributed by atoms with Crippen LogP contribution in [-0.4, -0.2) is 85.1 Å². The number of nitrogens with zero attached hydrogens (tertiary/aromatic N) is 4. The van der Waals surface area contributed by atoms with Gasteiger partial charge in [0.15, 0.2) is 17.3 Å². The molecule has 268 valence electrons. The van der Waals surface area contributed by atoms with E-state index in [9.17, 15) is 9.59 Å². The van der Waals surface area contributed by atoms with Crippen LogP contribution >= 0.6 is 0 Å². The van der Waals surface area contributed by atoms with E-state index in [0.29, 0.717) is 48.3 Å². The van der Waals surface area contributed by atoms with Crippen molar-refractivity contribution < 1.29 is 28.2 Å². The lowest BCUT2D eigenvalue weighted by molar-refractivity contribution is 0.0777. The van der Waals surface area contributed by atoms with Crippen LogP contribution in [-0.2, 0) is 12.0 Å². The lowest BCUT2D eigenvalue weighted by Crippen LogP contribution is -2.41. The molecule has 0 bridgehead atoms. The van der Waals surface area contributed by atoms with Gasteiger partial charge in [0, 0.05) is 30.0 Å². The van der Waals surface area contributed by atoms with E-state index < -0.39 is 0 Å². The molecule has 2 aliphatic heterocycles. The van der Waals surface area contributed by atoms with Crippen molar-refractivity contribution in [2.45, 2.75) is 44.6 Å². The van der Waals surface area contributed by atoms with Crippen LogP contribution in [0.1, 0.15) is 70.6 Å². The topological polar surface area (TPSA) is 99.3 Å². The van der Waals surface area contributed by atoms with Crippen molar-refractivity contribution in [1.82, 2.24) is 19.4 Å². The van der Waals surface area contributed by atoms with E-state index in [0.717, 1.165) is 56.8 Å². The molecule has 4 heterocycles. The molecule has 10 nitrogen and oxygen atoms in total. The van der Waals surface area contributed by atoms with Gasteiger partial charge in [-0.25, -0.2) is 4.98 Å². The molecule has 2 aromatic carbocycles. The molecule has 0 aliphatic carbocycles. The Kier molecular flexibility index (Phi) is 11.4. The minimum absolute atomic E-state index is 0.0581. The standard InChI is InChI=1S/C41H48N4O6/c1-5-6-8-14-33-27-42-39(45(33)28-34-15-11-24-51-34)37(46)30-16-20-43(21-17-30)22-18-41(32-12-9-7-10-13-32)19-23-44(29-41)40(47)31-25-35(48-2)38(50-4)36(26-31)49-3/h5-15,24-27,30H,16-23,28-29H2,1-4H3/b6-5+,14-8+. The highest BCUT2D eigenvalue weighted by Gasteiger charge is 2.42. The van der Waals surface area contributed by atoms with Crippen molar-refractivity contribution in [3.05, 3.63) is 114 Å². The van der Waals surface area contributed by atoms with Gasteiger partial charge in [0.25, 0.3) is 5.91 Å². The zero-order valence-electron chi connectivity index (χ0n) is 30.0. The lowest BCUT2D eigenvalue weighted by atomic mass is 9.76. The van der Waals surface area contributed by atoms with Gasteiger partial charge in [-0.3, -0.25) is 9.59 Å². The molecule has 1 atom stereocenters. The Hall–Kier alpha value is -5.09. The SMILES string of the molecule is C/C=C/C=C/c1cnc(C(=O)C2CCN(CCC3(c4ccccc4)CCN(C(=O)c4cc(OC)c(OC)c(OC)c4)C3)CC2)n1Cc1ccco1. The van der Waals surface area contributed by atoms with E-state index in [2.05, 4.69) is 34.1 Å². The fourth-order valence-electron chi connectivity index (χ4n) is 7.49.